The van der Waals surface area contributed by atoms with Gasteiger partial charge in [-0.15, -0.1) is 0 Å². The van der Waals surface area contributed by atoms with Crippen LogP contribution in [0.5, 0.6) is 0 Å². The maximum atomic E-state index is 13.5. The number of rotatable bonds is 8. The first-order valence-corrected chi connectivity index (χ1v) is 15.4. The number of ketones is 1. The molecule has 0 spiro atoms. The van der Waals surface area contributed by atoms with E-state index < -0.39 is 28.6 Å². The van der Waals surface area contributed by atoms with Crippen LogP contribution in [0.1, 0.15) is 74.7 Å². The Hall–Kier alpha value is -2.42. The van der Waals surface area contributed by atoms with Crippen LogP contribution in [0.3, 0.4) is 0 Å². The minimum absolute atomic E-state index is 0.0290. The number of carbonyl (C=O) groups is 3. The number of fused-ring (bicyclic) bond motifs is 1. The lowest BCUT2D eigenvalue weighted by Gasteiger charge is -2.55. The van der Waals surface area contributed by atoms with Crippen molar-refractivity contribution >= 4 is 33.4 Å². The summed E-state index contributed by atoms with van der Waals surface area (Å²) >= 11 is 0. The number of esters is 1. The summed E-state index contributed by atoms with van der Waals surface area (Å²) in [5, 5.41) is 3.01. The van der Waals surface area contributed by atoms with Crippen molar-refractivity contribution in [1.82, 2.24) is 5.32 Å². The van der Waals surface area contributed by atoms with Gasteiger partial charge in [0.15, 0.2) is 12.4 Å². The molecule has 4 saturated carbocycles. The van der Waals surface area contributed by atoms with Crippen molar-refractivity contribution in [3.05, 3.63) is 29.3 Å². The maximum absolute atomic E-state index is 13.5. The molecule has 4 fully saturated rings. The summed E-state index contributed by atoms with van der Waals surface area (Å²) in [5.74, 6) is 0.718. The van der Waals surface area contributed by atoms with Gasteiger partial charge in [0.05, 0.1) is 11.9 Å². The number of Topliss-reactive ketones (excluding diaryl/α,β-unsaturated/α-hetero) is 1. The minimum atomic E-state index is -3.39. The van der Waals surface area contributed by atoms with E-state index in [0.29, 0.717) is 48.4 Å². The molecule has 6 rings (SSSR count). The normalized spacial score (nSPS) is 29.1. The molecule has 1 aromatic rings. The molecular formula is C28H38N2O6S. The highest BCUT2D eigenvalue weighted by molar-refractivity contribution is 7.92. The first-order chi connectivity index (χ1) is 17.4. The Bertz CT molecular complexity index is 1170. The average Bonchev–Trinajstić information content (AvgIpc) is 2.83. The fraction of sp³-hybridized carbons (Fsp3) is 0.679. The Morgan fingerprint density at radius 2 is 1.70 bits per heavy atom. The molecule has 1 amide bonds. The van der Waals surface area contributed by atoms with Crippen LogP contribution in [-0.2, 0) is 30.8 Å². The number of nitrogens with one attached hydrogen (secondary N) is 1. The van der Waals surface area contributed by atoms with Crippen molar-refractivity contribution in [2.45, 2.75) is 71.3 Å². The van der Waals surface area contributed by atoms with Gasteiger partial charge in [0.2, 0.25) is 15.9 Å². The number of nitrogens with zero attached hydrogens (tertiary/aromatic N) is 1. The molecule has 4 bridgehead atoms. The minimum Gasteiger partial charge on any atom is -0.456 e. The van der Waals surface area contributed by atoms with Gasteiger partial charge in [0.1, 0.15) is 6.04 Å². The molecule has 1 aromatic carbocycles. The lowest BCUT2D eigenvalue weighted by atomic mass is 9.49. The molecule has 202 valence electrons. The summed E-state index contributed by atoms with van der Waals surface area (Å²) < 4.78 is 31.0. The predicted molar refractivity (Wildman–Crippen MR) is 140 cm³/mol. The van der Waals surface area contributed by atoms with Gasteiger partial charge in [-0.25, -0.2) is 13.2 Å². The van der Waals surface area contributed by atoms with E-state index in [-0.39, 0.29) is 23.0 Å². The largest absolute Gasteiger partial charge is 0.456 e. The molecule has 1 aliphatic heterocycles. The molecule has 4 aliphatic carbocycles. The van der Waals surface area contributed by atoms with Crippen LogP contribution in [0.2, 0.25) is 0 Å². The SMILES string of the molecule is CC(C)[C@H](NC(=O)C12CC3CC(CC(C3)C1)C2)C(=O)OCC(=O)c1ccc2c(c1)CCCN2S(C)(=O)=O. The average molecular weight is 531 g/mol. The quantitative estimate of drug-likeness (QED) is 0.407. The zero-order valence-electron chi connectivity index (χ0n) is 22.0. The molecule has 0 aromatic heterocycles. The third kappa shape index (κ3) is 5.16. The van der Waals surface area contributed by atoms with Crippen LogP contribution in [0.15, 0.2) is 18.2 Å². The predicted octanol–water partition coefficient (Wildman–Crippen LogP) is 3.48. The van der Waals surface area contributed by atoms with Gasteiger partial charge in [0, 0.05) is 17.5 Å². The molecule has 0 unspecified atom stereocenters. The van der Waals surface area contributed by atoms with Crippen LogP contribution in [0.4, 0.5) is 5.69 Å². The highest BCUT2D eigenvalue weighted by atomic mass is 32.2. The molecule has 8 nitrogen and oxygen atoms in total. The lowest BCUT2D eigenvalue weighted by molar-refractivity contribution is -0.154. The smallest absolute Gasteiger partial charge is 0.329 e. The van der Waals surface area contributed by atoms with Crippen LogP contribution in [0.25, 0.3) is 0 Å². The molecule has 1 atom stereocenters. The molecular weight excluding hydrogens is 492 g/mol. The molecule has 1 heterocycles. The van der Waals surface area contributed by atoms with E-state index in [9.17, 15) is 22.8 Å². The third-order valence-electron chi connectivity index (χ3n) is 8.95. The zero-order chi connectivity index (χ0) is 26.5. The fourth-order valence-corrected chi connectivity index (χ4v) is 8.57. The molecule has 5 aliphatic rings. The van der Waals surface area contributed by atoms with Crippen molar-refractivity contribution in [2.24, 2.45) is 29.1 Å². The number of carbonyl (C=O) groups excluding carboxylic acids is 3. The second kappa shape index (κ2) is 9.71. The zero-order valence-corrected chi connectivity index (χ0v) is 22.8. The van der Waals surface area contributed by atoms with E-state index in [4.69, 9.17) is 4.74 Å². The molecule has 37 heavy (non-hydrogen) atoms. The Morgan fingerprint density at radius 3 is 2.27 bits per heavy atom. The summed E-state index contributed by atoms with van der Waals surface area (Å²) in [6, 6.07) is 4.11. The number of benzene rings is 1. The van der Waals surface area contributed by atoms with Crippen LogP contribution in [0, 0.1) is 29.1 Å². The number of amides is 1. The van der Waals surface area contributed by atoms with E-state index in [1.807, 2.05) is 13.8 Å². The van der Waals surface area contributed by atoms with E-state index in [2.05, 4.69) is 5.32 Å². The summed E-state index contributed by atoms with van der Waals surface area (Å²) in [5.41, 5.74) is 1.40. The number of anilines is 1. The summed E-state index contributed by atoms with van der Waals surface area (Å²) in [6.07, 6.45) is 8.97. The van der Waals surface area contributed by atoms with Gasteiger partial charge >= 0.3 is 5.97 Å². The topological polar surface area (TPSA) is 110 Å². The van der Waals surface area contributed by atoms with Gasteiger partial charge in [-0.2, -0.15) is 0 Å². The Labute approximate surface area is 219 Å². The van der Waals surface area contributed by atoms with Gasteiger partial charge < -0.3 is 10.1 Å². The second-order valence-corrected chi connectivity index (χ2v) is 14.1. The Balaban J connectivity index is 1.22. The molecule has 1 N–H and O–H groups in total. The van der Waals surface area contributed by atoms with E-state index >= 15 is 0 Å². The molecule has 9 heteroatoms. The first kappa shape index (κ1) is 26.2. The van der Waals surface area contributed by atoms with Crippen LogP contribution >= 0.6 is 0 Å². The van der Waals surface area contributed by atoms with Gasteiger partial charge in [-0.05, 0) is 98.8 Å². The monoisotopic (exact) mass is 530 g/mol. The lowest BCUT2D eigenvalue weighted by Crippen LogP contribution is -2.57. The Morgan fingerprint density at radius 1 is 1.08 bits per heavy atom. The van der Waals surface area contributed by atoms with Gasteiger partial charge in [0.25, 0.3) is 0 Å². The second-order valence-electron chi connectivity index (χ2n) is 12.2. The standard InChI is InChI=1S/C28H38N2O6S/c1-17(2)25(29-27(33)28-13-18-9-19(14-28)11-20(10-18)15-28)26(32)36-16-24(31)22-6-7-23-21(12-22)5-4-8-30(23)37(3,34)35/h6-7,12,17-20,25H,4-5,8-11,13-16H2,1-3H3,(H,29,33)/t18?,19?,20?,25-,28?/m0/s1. The molecule has 0 radical (unpaired) electrons. The number of sulfonamides is 1. The van der Waals surface area contributed by atoms with E-state index in [1.54, 1.807) is 18.2 Å². The van der Waals surface area contributed by atoms with Crippen molar-refractivity contribution in [3.63, 3.8) is 0 Å². The third-order valence-corrected chi connectivity index (χ3v) is 10.1. The number of hydrogen-bond acceptors (Lipinski definition) is 6. The summed E-state index contributed by atoms with van der Waals surface area (Å²) in [7, 11) is -3.39. The Kier molecular flexibility index (Phi) is 6.88. The number of aryl methyl sites for hydroxylation is 1. The number of hydrogen-bond donors (Lipinski definition) is 1. The summed E-state index contributed by atoms with van der Waals surface area (Å²) in [6.45, 7) is 3.72. The number of ether oxygens (including phenoxy) is 1. The van der Waals surface area contributed by atoms with Crippen molar-refractivity contribution in [1.29, 1.82) is 0 Å². The van der Waals surface area contributed by atoms with Crippen molar-refractivity contribution in [2.75, 3.05) is 23.7 Å². The maximum Gasteiger partial charge on any atom is 0.329 e. The first-order valence-electron chi connectivity index (χ1n) is 13.6. The molecule has 0 saturated heterocycles. The van der Waals surface area contributed by atoms with Gasteiger partial charge in [-0.3, -0.25) is 13.9 Å². The van der Waals surface area contributed by atoms with Gasteiger partial charge in [-0.1, -0.05) is 13.8 Å². The van der Waals surface area contributed by atoms with Crippen LogP contribution < -0.4 is 9.62 Å². The highest BCUT2D eigenvalue weighted by Gasteiger charge is 2.55. The van der Waals surface area contributed by atoms with E-state index in [0.717, 1.165) is 24.8 Å². The fourth-order valence-electron chi connectivity index (χ4n) is 7.57. The van der Waals surface area contributed by atoms with Crippen molar-refractivity contribution in [3.8, 4) is 0 Å². The van der Waals surface area contributed by atoms with Crippen LogP contribution in [-0.4, -0.2) is 51.5 Å². The highest BCUT2D eigenvalue weighted by Crippen LogP contribution is 2.60. The van der Waals surface area contributed by atoms with Crippen molar-refractivity contribution < 1.29 is 27.5 Å². The summed E-state index contributed by atoms with van der Waals surface area (Å²) in [4.78, 5) is 39.3. The van der Waals surface area contributed by atoms with E-state index in [1.165, 1.54) is 29.8 Å².